The second-order valence-electron chi connectivity index (χ2n) is 3.00. The van der Waals surface area contributed by atoms with E-state index in [0.29, 0.717) is 5.92 Å². The molecule has 10 heavy (non-hydrogen) atoms. The van der Waals surface area contributed by atoms with Gasteiger partial charge in [-0.3, -0.25) is 0 Å². The van der Waals surface area contributed by atoms with Crippen molar-refractivity contribution in [3.63, 3.8) is 0 Å². The average molecular weight is 142 g/mol. The topological polar surface area (TPSA) is 12.5 Å². The van der Waals surface area contributed by atoms with E-state index in [9.17, 15) is 0 Å². The second kappa shape index (κ2) is 3.94. The Morgan fingerprint density at radius 2 is 2.50 bits per heavy atom. The highest BCUT2D eigenvalue weighted by molar-refractivity contribution is 4.83. The molecule has 2 nitrogen and oxygen atoms in total. The van der Waals surface area contributed by atoms with Crippen LogP contribution in [0, 0.1) is 12.3 Å². The molecular weight excluding hydrogens is 126 g/mol. The van der Waals surface area contributed by atoms with Crippen molar-refractivity contribution in [2.75, 3.05) is 33.9 Å². The van der Waals surface area contributed by atoms with E-state index in [2.05, 4.69) is 18.4 Å². The van der Waals surface area contributed by atoms with Crippen molar-refractivity contribution in [2.45, 2.75) is 6.42 Å². The van der Waals surface area contributed by atoms with Gasteiger partial charge in [-0.1, -0.05) is 0 Å². The molecule has 0 aliphatic carbocycles. The Bertz CT molecular complexity index is 93.3. The zero-order valence-electron chi connectivity index (χ0n) is 6.84. The first-order chi connectivity index (χ1) is 4.83. The van der Waals surface area contributed by atoms with Crippen LogP contribution < -0.4 is 0 Å². The lowest BCUT2D eigenvalue weighted by Gasteiger charge is -2.28. The lowest BCUT2D eigenvalue weighted by molar-refractivity contribution is 0.127. The molecule has 0 aromatic heterocycles. The SMILES string of the molecule is COCC1[CH]CCN(C)C1. The van der Waals surface area contributed by atoms with Crippen LogP contribution in [0.4, 0.5) is 0 Å². The molecular formula is C8H16NO. The quantitative estimate of drug-likeness (QED) is 0.565. The largest absolute Gasteiger partial charge is 0.384 e. The zero-order valence-corrected chi connectivity index (χ0v) is 6.84. The number of rotatable bonds is 2. The Kier molecular flexibility index (Phi) is 3.16. The third-order valence-electron chi connectivity index (χ3n) is 1.94. The van der Waals surface area contributed by atoms with E-state index in [1.807, 2.05) is 0 Å². The number of piperidine rings is 1. The highest BCUT2D eigenvalue weighted by Crippen LogP contribution is 2.13. The molecule has 1 aliphatic heterocycles. The highest BCUT2D eigenvalue weighted by atomic mass is 16.5. The minimum absolute atomic E-state index is 0.656. The van der Waals surface area contributed by atoms with Gasteiger partial charge in [0.2, 0.25) is 0 Å². The van der Waals surface area contributed by atoms with Crippen LogP contribution in [0.15, 0.2) is 0 Å². The van der Waals surface area contributed by atoms with E-state index in [1.54, 1.807) is 7.11 Å². The molecule has 0 aromatic rings. The lowest BCUT2D eigenvalue weighted by atomic mass is 10.00. The van der Waals surface area contributed by atoms with E-state index < -0.39 is 0 Å². The number of methoxy groups -OCH3 is 1. The fourth-order valence-corrected chi connectivity index (χ4v) is 1.43. The summed E-state index contributed by atoms with van der Waals surface area (Å²) in [5.74, 6) is 0.656. The van der Waals surface area contributed by atoms with E-state index >= 15 is 0 Å². The summed E-state index contributed by atoms with van der Waals surface area (Å²) in [5, 5.41) is 0. The molecule has 1 fully saturated rings. The summed E-state index contributed by atoms with van der Waals surface area (Å²) in [6, 6.07) is 0. The van der Waals surface area contributed by atoms with Crippen LogP contribution in [0.5, 0.6) is 0 Å². The number of hydrogen-bond donors (Lipinski definition) is 0. The van der Waals surface area contributed by atoms with Gasteiger partial charge in [0.1, 0.15) is 0 Å². The number of nitrogens with zero attached hydrogens (tertiary/aromatic N) is 1. The van der Waals surface area contributed by atoms with E-state index in [0.717, 1.165) is 13.2 Å². The van der Waals surface area contributed by atoms with Gasteiger partial charge < -0.3 is 9.64 Å². The average Bonchev–Trinajstić information content (AvgIpc) is 1.88. The van der Waals surface area contributed by atoms with Gasteiger partial charge in [0, 0.05) is 13.7 Å². The Hall–Kier alpha value is -0.0800. The van der Waals surface area contributed by atoms with Crippen LogP contribution in [0.1, 0.15) is 6.42 Å². The molecule has 0 amide bonds. The monoisotopic (exact) mass is 142 g/mol. The van der Waals surface area contributed by atoms with Gasteiger partial charge in [-0.05, 0) is 32.4 Å². The van der Waals surface area contributed by atoms with Crippen molar-refractivity contribution in [3.8, 4) is 0 Å². The maximum Gasteiger partial charge on any atom is 0.0505 e. The van der Waals surface area contributed by atoms with Gasteiger partial charge in [-0.25, -0.2) is 0 Å². The minimum atomic E-state index is 0.656. The fraction of sp³-hybridized carbons (Fsp3) is 0.875. The summed E-state index contributed by atoms with van der Waals surface area (Å²) in [6.07, 6.45) is 3.58. The second-order valence-corrected chi connectivity index (χ2v) is 3.00. The standard InChI is InChI=1S/C8H16NO/c1-9-5-3-4-8(6-9)7-10-2/h4,8H,3,5-7H2,1-2H3. The van der Waals surface area contributed by atoms with Gasteiger partial charge >= 0.3 is 0 Å². The van der Waals surface area contributed by atoms with Crippen LogP contribution in [0.2, 0.25) is 0 Å². The van der Waals surface area contributed by atoms with Gasteiger partial charge in [-0.2, -0.15) is 0 Å². The van der Waals surface area contributed by atoms with Gasteiger partial charge in [0.05, 0.1) is 6.61 Å². The molecule has 59 valence electrons. The molecule has 0 N–H and O–H groups in total. The predicted octanol–water partition coefficient (Wildman–Crippen LogP) is 0.789. The van der Waals surface area contributed by atoms with Gasteiger partial charge in [-0.15, -0.1) is 0 Å². The Labute approximate surface area is 63.2 Å². The Morgan fingerprint density at radius 3 is 3.10 bits per heavy atom. The zero-order chi connectivity index (χ0) is 7.40. The lowest BCUT2D eigenvalue weighted by Crippen LogP contribution is -2.34. The first-order valence-corrected chi connectivity index (χ1v) is 3.83. The number of ether oxygens (including phenoxy) is 1. The van der Waals surface area contributed by atoms with E-state index in [1.165, 1.54) is 13.0 Å². The smallest absolute Gasteiger partial charge is 0.0505 e. The maximum absolute atomic E-state index is 5.07. The normalized spacial score (nSPS) is 28.8. The molecule has 0 aromatic carbocycles. The van der Waals surface area contributed by atoms with Crippen molar-refractivity contribution in [2.24, 2.45) is 5.92 Å². The Balaban J connectivity index is 2.18. The molecule has 1 atom stereocenters. The minimum Gasteiger partial charge on any atom is -0.384 e. The van der Waals surface area contributed by atoms with Crippen molar-refractivity contribution in [1.29, 1.82) is 0 Å². The third-order valence-corrected chi connectivity index (χ3v) is 1.94. The summed E-state index contributed by atoms with van der Waals surface area (Å²) in [7, 11) is 3.93. The molecule has 2 heteroatoms. The van der Waals surface area contributed by atoms with E-state index in [-0.39, 0.29) is 0 Å². The predicted molar refractivity (Wildman–Crippen MR) is 41.8 cm³/mol. The summed E-state index contributed by atoms with van der Waals surface area (Å²) in [5.41, 5.74) is 0. The molecule has 1 radical (unpaired) electrons. The highest BCUT2D eigenvalue weighted by Gasteiger charge is 2.16. The van der Waals surface area contributed by atoms with Crippen molar-refractivity contribution in [1.82, 2.24) is 4.90 Å². The third kappa shape index (κ3) is 2.27. The number of hydrogen-bond acceptors (Lipinski definition) is 2. The van der Waals surface area contributed by atoms with Crippen molar-refractivity contribution >= 4 is 0 Å². The van der Waals surface area contributed by atoms with Gasteiger partial charge in [0.25, 0.3) is 0 Å². The van der Waals surface area contributed by atoms with Crippen LogP contribution >= 0.6 is 0 Å². The van der Waals surface area contributed by atoms with Crippen LogP contribution in [0.3, 0.4) is 0 Å². The summed E-state index contributed by atoms with van der Waals surface area (Å²) < 4.78 is 5.07. The Morgan fingerprint density at radius 1 is 1.70 bits per heavy atom. The molecule has 0 bridgehead atoms. The molecule has 0 saturated carbocycles. The van der Waals surface area contributed by atoms with Crippen molar-refractivity contribution in [3.05, 3.63) is 6.42 Å². The van der Waals surface area contributed by atoms with E-state index in [4.69, 9.17) is 4.74 Å². The molecule has 1 unspecified atom stereocenters. The maximum atomic E-state index is 5.07. The van der Waals surface area contributed by atoms with Crippen LogP contribution in [-0.4, -0.2) is 38.8 Å². The summed E-state index contributed by atoms with van der Waals surface area (Å²) in [6.45, 7) is 3.25. The molecule has 0 spiro atoms. The summed E-state index contributed by atoms with van der Waals surface area (Å²) in [4.78, 5) is 2.35. The molecule has 1 saturated heterocycles. The fourth-order valence-electron chi connectivity index (χ4n) is 1.43. The first kappa shape index (κ1) is 8.02. The van der Waals surface area contributed by atoms with Crippen molar-refractivity contribution < 1.29 is 4.74 Å². The van der Waals surface area contributed by atoms with Crippen LogP contribution in [-0.2, 0) is 4.74 Å². The molecule has 1 rings (SSSR count). The number of likely N-dealkylation sites (tertiary alicyclic amines) is 1. The first-order valence-electron chi connectivity index (χ1n) is 3.83. The van der Waals surface area contributed by atoms with Crippen LogP contribution in [0.25, 0.3) is 0 Å². The summed E-state index contributed by atoms with van der Waals surface area (Å²) >= 11 is 0. The molecule has 1 heterocycles. The van der Waals surface area contributed by atoms with Gasteiger partial charge in [0.15, 0.2) is 0 Å². The molecule has 1 aliphatic rings.